The quantitative estimate of drug-likeness (QED) is 0.797. The number of hydrogen-bond donors (Lipinski definition) is 1. The Balaban J connectivity index is 2.42. The Hall–Kier alpha value is -1.18. The molecule has 0 aliphatic carbocycles. The molecule has 0 saturated carbocycles. The summed E-state index contributed by atoms with van der Waals surface area (Å²) in [6, 6.07) is 15.5. The molecule has 0 bridgehead atoms. The van der Waals surface area contributed by atoms with Crippen LogP contribution in [0.3, 0.4) is 0 Å². The molecular weight excluding hydrogens is 291 g/mol. The molecule has 0 amide bonds. The van der Waals surface area contributed by atoms with Crippen molar-refractivity contribution in [1.82, 2.24) is 0 Å². The number of aromatic hydroxyl groups is 1. The van der Waals surface area contributed by atoms with Crippen molar-refractivity contribution in [2.24, 2.45) is 0 Å². The first kappa shape index (κ1) is 15.2. The molecule has 0 aliphatic heterocycles. The molecule has 2 aromatic carbocycles. The van der Waals surface area contributed by atoms with E-state index in [0.29, 0.717) is 18.2 Å². The number of benzene rings is 2. The Bertz CT molecular complexity index is 577. The van der Waals surface area contributed by atoms with Gasteiger partial charge in [0.25, 0.3) is 0 Å². The second-order valence-electron chi connectivity index (χ2n) is 5.21. The molecule has 0 heterocycles. The normalized spacial score (nSPS) is 11.6. The third kappa shape index (κ3) is 3.11. The standard InChI is InChI=1S/C17H18Cl2O/c1-13-5-2-3-8-16(13)17(11-18,12-19)10-14-6-4-7-15(20)9-14/h2-9,20H,10-12H2,1H3. The molecular formula is C17H18Cl2O. The fourth-order valence-corrected chi connectivity index (χ4v) is 3.36. The van der Waals surface area contributed by atoms with Crippen LogP contribution in [0.25, 0.3) is 0 Å². The molecule has 0 unspecified atom stereocenters. The summed E-state index contributed by atoms with van der Waals surface area (Å²) < 4.78 is 0. The SMILES string of the molecule is Cc1ccccc1C(CCl)(CCl)Cc1cccc(O)c1. The maximum absolute atomic E-state index is 9.61. The van der Waals surface area contributed by atoms with Crippen LogP contribution in [0.5, 0.6) is 5.75 Å². The minimum atomic E-state index is -0.317. The third-order valence-corrected chi connectivity index (χ3v) is 4.70. The van der Waals surface area contributed by atoms with Gasteiger partial charge in [-0.3, -0.25) is 0 Å². The molecule has 0 aliphatic rings. The van der Waals surface area contributed by atoms with Crippen LogP contribution in [0, 0.1) is 6.92 Å². The number of alkyl halides is 2. The van der Waals surface area contributed by atoms with Gasteiger partial charge in [-0.25, -0.2) is 0 Å². The van der Waals surface area contributed by atoms with E-state index in [1.807, 2.05) is 24.3 Å². The smallest absolute Gasteiger partial charge is 0.115 e. The zero-order chi connectivity index (χ0) is 14.6. The maximum Gasteiger partial charge on any atom is 0.115 e. The fraction of sp³-hybridized carbons (Fsp3) is 0.294. The van der Waals surface area contributed by atoms with Crippen LogP contribution in [-0.4, -0.2) is 16.9 Å². The van der Waals surface area contributed by atoms with E-state index in [-0.39, 0.29) is 11.2 Å². The molecule has 106 valence electrons. The molecule has 2 aromatic rings. The second kappa shape index (κ2) is 6.51. The fourth-order valence-electron chi connectivity index (χ4n) is 2.59. The summed E-state index contributed by atoms with van der Waals surface area (Å²) in [7, 11) is 0. The van der Waals surface area contributed by atoms with Gasteiger partial charge in [-0.2, -0.15) is 0 Å². The molecule has 0 spiro atoms. The van der Waals surface area contributed by atoms with E-state index in [1.54, 1.807) is 12.1 Å². The number of halogens is 2. The van der Waals surface area contributed by atoms with Crippen molar-refractivity contribution in [1.29, 1.82) is 0 Å². The lowest BCUT2D eigenvalue weighted by Gasteiger charge is -2.32. The van der Waals surface area contributed by atoms with E-state index in [0.717, 1.165) is 5.56 Å². The van der Waals surface area contributed by atoms with Crippen LogP contribution in [0.4, 0.5) is 0 Å². The first-order chi connectivity index (χ1) is 9.61. The molecule has 0 saturated heterocycles. The molecule has 3 heteroatoms. The summed E-state index contributed by atoms with van der Waals surface area (Å²) in [5.74, 6) is 1.15. The summed E-state index contributed by atoms with van der Waals surface area (Å²) in [6.07, 6.45) is 0.708. The summed E-state index contributed by atoms with van der Waals surface area (Å²) in [5, 5.41) is 9.61. The zero-order valence-corrected chi connectivity index (χ0v) is 13.0. The Labute approximate surface area is 130 Å². The summed E-state index contributed by atoms with van der Waals surface area (Å²) in [6.45, 7) is 2.08. The average Bonchev–Trinajstić information content (AvgIpc) is 2.46. The van der Waals surface area contributed by atoms with Crippen molar-refractivity contribution in [3.05, 3.63) is 65.2 Å². The minimum Gasteiger partial charge on any atom is -0.508 e. The molecule has 1 N–H and O–H groups in total. The molecule has 0 atom stereocenters. The predicted molar refractivity (Wildman–Crippen MR) is 86.1 cm³/mol. The molecule has 20 heavy (non-hydrogen) atoms. The van der Waals surface area contributed by atoms with Crippen molar-refractivity contribution >= 4 is 23.2 Å². The Morgan fingerprint density at radius 2 is 1.70 bits per heavy atom. The Kier molecular flexibility index (Phi) is 4.95. The van der Waals surface area contributed by atoms with E-state index in [4.69, 9.17) is 23.2 Å². The zero-order valence-electron chi connectivity index (χ0n) is 11.4. The van der Waals surface area contributed by atoms with E-state index in [1.165, 1.54) is 11.1 Å². The Morgan fingerprint density at radius 1 is 1.00 bits per heavy atom. The Morgan fingerprint density at radius 3 is 2.30 bits per heavy atom. The molecule has 0 fully saturated rings. The van der Waals surface area contributed by atoms with Crippen LogP contribution in [0.2, 0.25) is 0 Å². The van der Waals surface area contributed by atoms with Gasteiger partial charge in [0.15, 0.2) is 0 Å². The van der Waals surface area contributed by atoms with Gasteiger partial charge >= 0.3 is 0 Å². The van der Waals surface area contributed by atoms with Crippen molar-refractivity contribution in [3.8, 4) is 5.75 Å². The largest absolute Gasteiger partial charge is 0.508 e. The van der Waals surface area contributed by atoms with Gasteiger partial charge in [-0.1, -0.05) is 36.4 Å². The average molecular weight is 309 g/mol. The molecule has 0 aromatic heterocycles. The number of phenolic OH excluding ortho intramolecular Hbond substituents is 1. The van der Waals surface area contributed by atoms with Crippen LogP contribution in [-0.2, 0) is 11.8 Å². The van der Waals surface area contributed by atoms with Gasteiger partial charge in [0.2, 0.25) is 0 Å². The first-order valence-corrected chi connectivity index (χ1v) is 7.64. The molecule has 2 rings (SSSR count). The van der Waals surface area contributed by atoms with Crippen LogP contribution < -0.4 is 0 Å². The van der Waals surface area contributed by atoms with Gasteiger partial charge in [-0.05, 0) is 42.2 Å². The van der Waals surface area contributed by atoms with Gasteiger partial charge in [-0.15, -0.1) is 23.2 Å². The van der Waals surface area contributed by atoms with E-state index in [9.17, 15) is 5.11 Å². The van der Waals surface area contributed by atoms with Crippen LogP contribution in [0.15, 0.2) is 48.5 Å². The number of aryl methyl sites for hydroxylation is 1. The predicted octanol–water partition coefficient (Wildman–Crippen LogP) is 4.66. The third-order valence-electron chi connectivity index (χ3n) is 3.68. The van der Waals surface area contributed by atoms with E-state index in [2.05, 4.69) is 19.1 Å². The van der Waals surface area contributed by atoms with Gasteiger partial charge in [0, 0.05) is 17.2 Å². The van der Waals surface area contributed by atoms with Crippen molar-refractivity contribution in [2.75, 3.05) is 11.8 Å². The number of hydrogen-bond acceptors (Lipinski definition) is 1. The lowest BCUT2D eigenvalue weighted by atomic mass is 9.77. The number of rotatable bonds is 5. The van der Waals surface area contributed by atoms with E-state index < -0.39 is 0 Å². The highest BCUT2D eigenvalue weighted by Crippen LogP contribution is 2.34. The van der Waals surface area contributed by atoms with Gasteiger partial charge in [0.05, 0.1) is 0 Å². The highest BCUT2D eigenvalue weighted by molar-refractivity contribution is 6.22. The lowest BCUT2D eigenvalue weighted by Crippen LogP contribution is -2.34. The van der Waals surface area contributed by atoms with Gasteiger partial charge < -0.3 is 5.11 Å². The maximum atomic E-state index is 9.61. The monoisotopic (exact) mass is 308 g/mol. The topological polar surface area (TPSA) is 20.2 Å². The van der Waals surface area contributed by atoms with Crippen LogP contribution in [0.1, 0.15) is 16.7 Å². The summed E-state index contributed by atoms with van der Waals surface area (Å²) in [4.78, 5) is 0. The van der Waals surface area contributed by atoms with Gasteiger partial charge in [0.1, 0.15) is 5.75 Å². The molecule has 0 radical (unpaired) electrons. The van der Waals surface area contributed by atoms with Crippen molar-refractivity contribution < 1.29 is 5.11 Å². The van der Waals surface area contributed by atoms with Crippen molar-refractivity contribution in [2.45, 2.75) is 18.8 Å². The highest BCUT2D eigenvalue weighted by atomic mass is 35.5. The van der Waals surface area contributed by atoms with E-state index >= 15 is 0 Å². The first-order valence-electron chi connectivity index (χ1n) is 6.57. The highest BCUT2D eigenvalue weighted by Gasteiger charge is 2.32. The van der Waals surface area contributed by atoms with Crippen molar-refractivity contribution in [3.63, 3.8) is 0 Å². The minimum absolute atomic E-state index is 0.269. The summed E-state index contributed by atoms with van der Waals surface area (Å²) >= 11 is 12.5. The summed E-state index contributed by atoms with van der Waals surface area (Å²) in [5.41, 5.74) is 3.08. The second-order valence-corrected chi connectivity index (χ2v) is 5.74. The molecule has 1 nitrogen and oxygen atoms in total. The van der Waals surface area contributed by atoms with Crippen LogP contribution >= 0.6 is 23.2 Å². The number of phenols is 1. The lowest BCUT2D eigenvalue weighted by molar-refractivity contribution is 0.472.